The zero-order chi connectivity index (χ0) is 21.4. The molecule has 1 aliphatic carbocycles. The maximum atomic E-state index is 12.9. The van der Waals surface area contributed by atoms with Gasteiger partial charge in [-0.3, -0.25) is 0 Å². The number of anilines is 1. The Bertz CT molecular complexity index is 1240. The minimum absolute atomic E-state index is 0.0832. The quantitative estimate of drug-likeness (QED) is 0.494. The van der Waals surface area contributed by atoms with Crippen LogP contribution in [0.1, 0.15) is 35.1 Å². The first-order valence-electron chi connectivity index (χ1n) is 10.4. The van der Waals surface area contributed by atoms with E-state index in [1.54, 1.807) is 6.07 Å². The van der Waals surface area contributed by atoms with Crippen molar-refractivity contribution in [1.82, 2.24) is 4.72 Å². The monoisotopic (exact) mass is 450 g/mol. The topological polar surface area (TPSA) is 58.2 Å². The van der Waals surface area contributed by atoms with Gasteiger partial charge in [-0.25, -0.2) is 13.1 Å². The third-order valence-electron chi connectivity index (χ3n) is 6.19. The number of rotatable bonds is 5. The summed E-state index contributed by atoms with van der Waals surface area (Å²) in [5.41, 5.74) is 3.98. The lowest BCUT2D eigenvalue weighted by Crippen LogP contribution is -2.30. The first-order valence-corrected chi connectivity index (χ1v) is 12.2. The van der Waals surface area contributed by atoms with E-state index in [1.807, 2.05) is 60.7 Å². The molecule has 3 unspecified atom stereocenters. The normalized spacial score (nSPS) is 21.9. The molecule has 1 heterocycles. The minimum atomic E-state index is -3.62. The predicted octanol–water partition coefficient (Wildman–Crippen LogP) is 5.65. The lowest BCUT2D eigenvalue weighted by Gasteiger charge is -2.38. The Hall–Kier alpha value is -2.60. The summed E-state index contributed by atoms with van der Waals surface area (Å²) in [6.45, 7) is 0.263. The smallest absolute Gasteiger partial charge is 0.240 e. The van der Waals surface area contributed by atoms with Gasteiger partial charge in [-0.15, -0.1) is 0 Å². The summed E-state index contributed by atoms with van der Waals surface area (Å²) in [6, 6.07) is 22.9. The standard InChI is InChI=1S/C25H23ClN2O2S/c26-23-12-5-4-9-21(23)25-20-11-6-10-19(20)22-15-18(13-14-24(22)28-25)31(29,30)27-16-17-7-2-1-3-8-17/h1-10,12-15,19-20,25,27-28H,11,16H2. The van der Waals surface area contributed by atoms with Gasteiger partial charge in [0, 0.05) is 23.2 Å². The Labute approximate surface area is 188 Å². The number of hydrogen-bond donors (Lipinski definition) is 2. The molecule has 0 radical (unpaired) electrons. The molecule has 0 fully saturated rings. The third-order valence-corrected chi connectivity index (χ3v) is 7.94. The van der Waals surface area contributed by atoms with Crippen LogP contribution in [0.2, 0.25) is 5.02 Å². The summed E-state index contributed by atoms with van der Waals surface area (Å²) >= 11 is 6.50. The van der Waals surface area contributed by atoms with Gasteiger partial charge >= 0.3 is 0 Å². The van der Waals surface area contributed by atoms with Gasteiger partial charge in [-0.1, -0.05) is 72.3 Å². The molecular weight excluding hydrogens is 428 g/mol. The van der Waals surface area contributed by atoms with Gasteiger partial charge in [-0.05, 0) is 53.3 Å². The van der Waals surface area contributed by atoms with Crippen molar-refractivity contribution in [3.05, 3.63) is 107 Å². The maximum absolute atomic E-state index is 12.9. The van der Waals surface area contributed by atoms with Crippen molar-refractivity contribution in [3.8, 4) is 0 Å². The SMILES string of the molecule is O=S(=O)(NCc1ccccc1)c1ccc2c(c1)C1C=CCC1C(c1ccccc1Cl)N2. The first kappa shape index (κ1) is 20.3. The van der Waals surface area contributed by atoms with E-state index >= 15 is 0 Å². The Morgan fingerprint density at radius 1 is 0.968 bits per heavy atom. The second kappa shape index (κ2) is 8.15. The Morgan fingerprint density at radius 2 is 1.74 bits per heavy atom. The van der Waals surface area contributed by atoms with Gasteiger partial charge in [0.1, 0.15) is 0 Å². The highest BCUT2D eigenvalue weighted by Gasteiger charge is 2.39. The molecule has 5 rings (SSSR count). The summed E-state index contributed by atoms with van der Waals surface area (Å²) in [7, 11) is -3.62. The lowest BCUT2D eigenvalue weighted by molar-refractivity contribution is 0.425. The molecule has 2 aliphatic rings. The lowest BCUT2D eigenvalue weighted by atomic mass is 9.77. The second-order valence-corrected chi connectivity index (χ2v) is 10.2. The molecule has 2 N–H and O–H groups in total. The second-order valence-electron chi connectivity index (χ2n) is 8.06. The van der Waals surface area contributed by atoms with Crippen molar-refractivity contribution in [1.29, 1.82) is 0 Å². The first-order chi connectivity index (χ1) is 15.0. The number of benzene rings is 3. The fourth-order valence-corrected chi connectivity index (χ4v) is 5.94. The maximum Gasteiger partial charge on any atom is 0.240 e. The number of hydrogen-bond acceptors (Lipinski definition) is 3. The van der Waals surface area contributed by atoms with Crippen molar-refractivity contribution in [3.63, 3.8) is 0 Å². The zero-order valence-corrected chi connectivity index (χ0v) is 18.4. The molecule has 4 nitrogen and oxygen atoms in total. The van der Waals surface area contributed by atoms with Gasteiger partial charge in [-0.2, -0.15) is 0 Å². The van der Waals surface area contributed by atoms with Crippen molar-refractivity contribution < 1.29 is 8.42 Å². The molecule has 0 bridgehead atoms. The molecule has 158 valence electrons. The Morgan fingerprint density at radius 3 is 2.55 bits per heavy atom. The molecule has 6 heteroatoms. The van der Waals surface area contributed by atoms with E-state index in [1.165, 1.54) is 0 Å². The molecule has 0 saturated carbocycles. The summed E-state index contributed by atoms with van der Waals surface area (Å²) in [6.07, 6.45) is 5.31. The number of nitrogens with one attached hydrogen (secondary N) is 2. The van der Waals surface area contributed by atoms with E-state index in [9.17, 15) is 8.42 Å². The van der Waals surface area contributed by atoms with Crippen LogP contribution in [-0.4, -0.2) is 8.42 Å². The fraction of sp³-hybridized carbons (Fsp3) is 0.200. The fourth-order valence-electron chi connectivity index (χ4n) is 4.63. The molecule has 0 amide bonds. The summed E-state index contributed by atoms with van der Waals surface area (Å²) in [5.74, 6) is 0.449. The van der Waals surface area contributed by atoms with Gasteiger partial charge in [0.15, 0.2) is 0 Å². The molecule has 0 spiro atoms. The van der Waals surface area contributed by atoms with E-state index < -0.39 is 10.0 Å². The summed E-state index contributed by atoms with van der Waals surface area (Å²) in [5, 5.41) is 4.37. The van der Waals surface area contributed by atoms with Crippen molar-refractivity contribution in [2.75, 3.05) is 5.32 Å². The predicted molar refractivity (Wildman–Crippen MR) is 125 cm³/mol. The highest BCUT2D eigenvalue weighted by molar-refractivity contribution is 7.89. The highest BCUT2D eigenvalue weighted by atomic mass is 35.5. The molecular formula is C25H23ClN2O2S. The van der Waals surface area contributed by atoms with Gasteiger partial charge < -0.3 is 5.32 Å². The minimum Gasteiger partial charge on any atom is -0.378 e. The number of fused-ring (bicyclic) bond motifs is 3. The van der Waals surface area contributed by atoms with Gasteiger partial charge in [0.05, 0.1) is 10.9 Å². The van der Waals surface area contributed by atoms with Crippen molar-refractivity contribution in [2.45, 2.75) is 29.8 Å². The Kier molecular flexibility index (Phi) is 5.34. The zero-order valence-electron chi connectivity index (χ0n) is 16.8. The van der Waals surface area contributed by atoms with Gasteiger partial charge in [0.2, 0.25) is 10.0 Å². The van der Waals surface area contributed by atoms with E-state index in [-0.39, 0.29) is 18.5 Å². The molecule has 0 aromatic heterocycles. The van der Waals surface area contributed by atoms with Crippen LogP contribution < -0.4 is 10.0 Å². The van der Waals surface area contributed by atoms with Crippen LogP contribution in [-0.2, 0) is 16.6 Å². The van der Waals surface area contributed by atoms with Crippen LogP contribution in [0.3, 0.4) is 0 Å². The van der Waals surface area contributed by atoms with Gasteiger partial charge in [0.25, 0.3) is 0 Å². The number of halogens is 1. The number of sulfonamides is 1. The van der Waals surface area contributed by atoms with Crippen molar-refractivity contribution >= 4 is 27.3 Å². The summed E-state index contributed by atoms with van der Waals surface area (Å²) in [4.78, 5) is 0.291. The summed E-state index contributed by atoms with van der Waals surface area (Å²) < 4.78 is 28.6. The number of allylic oxidation sites excluding steroid dienone is 2. The molecule has 1 aliphatic heterocycles. The van der Waals surface area contributed by atoms with Crippen LogP contribution in [0.15, 0.2) is 89.8 Å². The average Bonchev–Trinajstić information content (AvgIpc) is 3.28. The van der Waals surface area contributed by atoms with Crippen LogP contribution in [0, 0.1) is 5.92 Å². The average molecular weight is 451 g/mol. The largest absolute Gasteiger partial charge is 0.378 e. The third kappa shape index (κ3) is 3.89. The molecule has 31 heavy (non-hydrogen) atoms. The Balaban J connectivity index is 1.45. The van der Waals surface area contributed by atoms with E-state index in [0.29, 0.717) is 10.8 Å². The molecule has 3 aromatic carbocycles. The molecule has 3 aromatic rings. The van der Waals surface area contributed by atoms with Crippen molar-refractivity contribution in [2.24, 2.45) is 5.92 Å². The van der Waals surface area contributed by atoms with E-state index in [0.717, 1.165) is 33.8 Å². The highest BCUT2D eigenvalue weighted by Crippen LogP contribution is 2.51. The van der Waals surface area contributed by atoms with Crippen LogP contribution >= 0.6 is 11.6 Å². The molecule has 3 atom stereocenters. The van der Waals surface area contributed by atoms with Crippen LogP contribution in [0.5, 0.6) is 0 Å². The van der Waals surface area contributed by atoms with Crippen LogP contribution in [0.4, 0.5) is 5.69 Å². The molecule has 0 saturated heterocycles. The van der Waals surface area contributed by atoms with Crippen LogP contribution in [0.25, 0.3) is 0 Å². The van der Waals surface area contributed by atoms with E-state index in [4.69, 9.17) is 11.6 Å². The van der Waals surface area contributed by atoms with E-state index in [2.05, 4.69) is 28.3 Å².